The Hall–Kier alpha value is -1.88. The zero-order valence-electron chi connectivity index (χ0n) is 13.5. The largest absolute Gasteiger partial charge is 0.497 e. The van der Waals surface area contributed by atoms with Gasteiger partial charge in [0.15, 0.2) is 0 Å². The van der Waals surface area contributed by atoms with Crippen molar-refractivity contribution >= 4 is 17.2 Å². The Balaban J connectivity index is 1.94. The second-order valence-electron chi connectivity index (χ2n) is 5.74. The Labute approximate surface area is 135 Å². The summed E-state index contributed by atoms with van der Waals surface area (Å²) in [6.07, 6.45) is 0.767. The number of nitrogens with one attached hydrogen (secondary N) is 1. The van der Waals surface area contributed by atoms with Gasteiger partial charge < -0.3 is 10.1 Å². The van der Waals surface area contributed by atoms with Crippen LogP contribution in [0.25, 0.3) is 0 Å². The number of rotatable bonds is 6. The lowest BCUT2D eigenvalue weighted by atomic mass is 9.83. The van der Waals surface area contributed by atoms with Gasteiger partial charge in [0.25, 0.3) is 0 Å². The van der Waals surface area contributed by atoms with E-state index >= 15 is 0 Å². The number of amides is 1. The molecule has 0 saturated carbocycles. The van der Waals surface area contributed by atoms with Crippen LogP contribution >= 0.6 is 11.3 Å². The molecule has 2 rings (SSSR count). The van der Waals surface area contributed by atoms with Gasteiger partial charge in [-0.2, -0.15) is 0 Å². The van der Waals surface area contributed by atoms with Crippen molar-refractivity contribution in [3.8, 4) is 5.75 Å². The zero-order chi connectivity index (χ0) is 16.2. The third-order valence-corrected chi connectivity index (χ3v) is 4.70. The second kappa shape index (κ2) is 6.92. The van der Waals surface area contributed by atoms with E-state index in [4.69, 9.17) is 4.74 Å². The highest BCUT2D eigenvalue weighted by molar-refractivity contribution is 7.09. The highest BCUT2D eigenvalue weighted by Crippen LogP contribution is 2.25. The van der Waals surface area contributed by atoms with Gasteiger partial charge in [-0.05, 0) is 38.5 Å². The van der Waals surface area contributed by atoms with E-state index in [0.29, 0.717) is 6.54 Å². The smallest absolute Gasteiger partial charge is 0.230 e. The number of carbonyl (C=O) groups excluding carboxylic acids is 1. The van der Waals surface area contributed by atoms with E-state index in [1.54, 1.807) is 18.4 Å². The van der Waals surface area contributed by atoms with Gasteiger partial charge in [0, 0.05) is 24.0 Å². The molecule has 1 aromatic heterocycles. The first-order valence-corrected chi connectivity index (χ1v) is 8.15. The van der Waals surface area contributed by atoms with Crippen molar-refractivity contribution in [1.29, 1.82) is 0 Å². The van der Waals surface area contributed by atoms with Crippen LogP contribution in [0.5, 0.6) is 5.75 Å². The minimum Gasteiger partial charge on any atom is -0.497 e. The van der Waals surface area contributed by atoms with Crippen LogP contribution in [-0.4, -0.2) is 24.5 Å². The number of nitrogens with zero attached hydrogens (tertiary/aromatic N) is 1. The average Bonchev–Trinajstić information content (AvgIpc) is 2.92. The van der Waals surface area contributed by atoms with Gasteiger partial charge >= 0.3 is 0 Å². The van der Waals surface area contributed by atoms with Crippen molar-refractivity contribution in [2.24, 2.45) is 0 Å². The Morgan fingerprint density at radius 1 is 1.32 bits per heavy atom. The van der Waals surface area contributed by atoms with Crippen LogP contribution < -0.4 is 10.1 Å². The fraction of sp³-hybridized carbons (Fsp3) is 0.412. The van der Waals surface area contributed by atoms with Gasteiger partial charge in [0.2, 0.25) is 5.91 Å². The van der Waals surface area contributed by atoms with Crippen LogP contribution in [-0.2, 0) is 16.6 Å². The van der Waals surface area contributed by atoms with Crippen LogP contribution in [0, 0.1) is 6.92 Å². The van der Waals surface area contributed by atoms with E-state index in [1.165, 1.54) is 0 Å². The SMILES string of the molecule is COc1ccc(C(C)(C)C(=O)NCCc2nc(C)cs2)cc1. The number of ether oxygens (including phenoxy) is 1. The molecule has 0 bridgehead atoms. The summed E-state index contributed by atoms with van der Waals surface area (Å²) in [5, 5.41) is 6.09. The highest BCUT2D eigenvalue weighted by Gasteiger charge is 2.29. The molecular formula is C17H22N2O2S. The molecule has 0 atom stereocenters. The molecule has 0 saturated heterocycles. The molecule has 5 heteroatoms. The summed E-state index contributed by atoms with van der Waals surface area (Å²) in [6.45, 7) is 6.44. The maximum Gasteiger partial charge on any atom is 0.230 e. The monoisotopic (exact) mass is 318 g/mol. The van der Waals surface area contributed by atoms with Crippen molar-refractivity contribution in [3.05, 3.63) is 45.9 Å². The molecule has 1 aromatic carbocycles. The Kier molecular flexibility index (Phi) is 5.19. The predicted molar refractivity (Wildman–Crippen MR) is 89.6 cm³/mol. The maximum absolute atomic E-state index is 12.5. The van der Waals surface area contributed by atoms with E-state index in [0.717, 1.165) is 28.4 Å². The second-order valence-corrected chi connectivity index (χ2v) is 6.68. The number of thiazole rings is 1. The maximum atomic E-state index is 12.5. The molecule has 1 heterocycles. The van der Waals surface area contributed by atoms with Gasteiger partial charge in [-0.25, -0.2) is 4.98 Å². The molecule has 0 fully saturated rings. The summed E-state index contributed by atoms with van der Waals surface area (Å²) in [5.41, 5.74) is 1.42. The molecule has 2 aromatic rings. The van der Waals surface area contributed by atoms with Crippen LogP contribution in [0.4, 0.5) is 0 Å². The molecule has 0 unspecified atom stereocenters. The molecule has 22 heavy (non-hydrogen) atoms. The lowest BCUT2D eigenvalue weighted by molar-refractivity contribution is -0.125. The van der Waals surface area contributed by atoms with Crippen LogP contribution in [0.3, 0.4) is 0 Å². The molecule has 1 N–H and O–H groups in total. The lowest BCUT2D eigenvalue weighted by Gasteiger charge is -2.24. The van der Waals surface area contributed by atoms with Crippen LogP contribution in [0.15, 0.2) is 29.6 Å². The van der Waals surface area contributed by atoms with Gasteiger partial charge in [-0.3, -0.25) is 4.79 Å². The van der Waals surface area contributed by atoms with E-state index in [1.807, 2.05) is 50.4 Å². The first kappa shape index (κ1) is 16.5. The number of aromatic nitrogens is 1. The van der Waals surface area contributed by atoms with E-state index in [9.17, 15) is 4.79 Å². The summed E-state index contributed by atoms with van der Waals surface area (Å²) in [7, 11) is 1.63. The predicted octanol–water partition coefficient (Wildman–Crippen LogP) is 3.10. The summed E-state index contributed by atoms with van der Waals surface area (Å²) < 4.78 is 5.15. The summed E-state index contributed by atoms with van der Waals surface area (Å²) >= 11 is 1.63. The average molecular weight is 318 g/mol. The van der Waals surface area contributed by atoms with Crippen LogP contribution in [0.1, 0.15) is 30.1 Å². The number of hydrogen-bond acceptors (Lipinski definition) is 4. The van der Waals surface area contributed by atoms with Crippen molar-refractivity contribution < 1.29 is 9.53 Å². The number of aryl methyl sites for hydroxylation is 1. The summed E-state index contributed by atoms with van der Waals surface area (Å²) in [4.78, 5) is 16.9. The van der Waals surface area contributed by atoms with Crippen molar-refractivity contribution in [2.45, 2.75) is 32.6 Å². The molecule has 0 spiro atoms. The first-order valence-electron chi connectivity index (χ1n) is 7.27. The quantitative estimate of drug-likeness (QED) is 0.890. The Morgan fingerprint density at radius 3 is 2.55 bits per heavy atom. The van der Waals surface area contributed by atoms with Crippen molar-refractivity contribution in [3.63, 3.8) is 0 Å². The fourth-order valence-electron chi connectivity index (χ4n) is 2.16. The van der Waals surface area contributed by atoms with Crippen molar-refractivity contribution in [2.75, 3.05) is 13.7 Å². The van der Waals surface area contributed by atoms with Gasteiger partial charge in [-0.1, -0.05) is 12.1 Å². The number of benzene rings is 1. The molecular weight excluding hydrogens is 296 g/mol. The zero-order valence-corrected chi connectivity index (χ0v) is 14.3. The summed E-state index contributed by atoms with van der Waals surface area (Å²) in [5.74, 6) is 0.810. The first-order chi connectivity index (χ1) is 10.4. The Morgan fingerprint density at radius 2 is 2.00 bits per heavy atom. The molecule has 1 amide bonds. The molecule has 0 aliphatic heterocycles. The molecule has 0 radical (unpaired) electrons. The van der Waals surface area contributed by atoms with Crippen LogP contribution in [0.2, 0.25) is 0 Å². The Bertz CT molecular complexity index is 632. The molecule has 4 nitrogen and oxygen atoms in total. The van der Waals surface area contributed by atoms with Gasteiger partial charge in [0.1, 0.15) is 5.75 Å². The third kappa shape index (κ3) is 3.85. The normalized spacial score (nSPS) is 11.3. The highest BCUT2D eigenvalue weighted by atomic mass is 32.1. The number of methoxy groups -OCH3 is 1. The molecule has 0 aliphatic rings. The van der Waals surface area contributed by atoms with Crippen molar-refractivity contribution in [1.82, 2.24) is 10.3 Å². The van der Waals surface area contributed by atoms with E-state index in [-0.39, 0.29) is 5.91 Å². The number of carbonyl (C=O) groups is 1. The lowest BCUT2D eigenvalue weighted by Crippen LogP contribution is -2.40. The topological polar surface area (TPSA) is 51.2 Å². The van der Waals surface area contributed by atoms with E-state index < -0.39 is 5.41 Å². The standard InChI is InChI=1S/C17H22N2O2S/c1-12-11-22-15(19-12)9-10-18-16(20)17(2,3)13-5-7-14(21-4)8-6-13/h5-8,11H,9-10H2,1-4H3,(H,18,20). The summed E-state index contributed by atoms with van der Waals surface area (Å²) in [6, 6.07) is 7.62. The molecule has 0 aliphatic carbocycles. The number of hydrogen-bond donors (Lipinski definition) is 1. The third-order valence-electron chi connectivity index (χ3n) is 3.67. The minimum absolute atomic E-state index is 0.0194. The van der Waals surface area contributed by atoms with Gasteiger partial charge in [0.05, 0.1) is 17.5 Å². The van der Waals surface area contributed by atoms with Gasteiger partial charge in [-0.15, -0.1) is 11.3 Å². The minimum atomic E-state index is -0.578. The fourth-order valence-corrected chi connectivity index (χ4v) is 2.94. The van der Waals surface area contributed by atoms with E-state index in [2.05, 4.69) is 10.3 Å². The molecule has 118 valence electrons.